The summed E-state index contributed by atoms with van der Waals surface area (Å²) in [6, 6.07) is -0.875. The number of nitrogens with two attached hydrogens (primary N) is 1. The van der Waals surface area contributed by atoms with Gasteiger partial charge in [-0.2, -0.15) is 0 Å². The molecule has 1 amide bonds. The summed E-state index contributed by atoms with van der Waals surface area (Å²) in [5.74, 6) is -1.43. The monoisotopic (exact) mass is 695 g/mol. The maximum Gasteiger partial charge on any atom is 0.326 e. The lowest BCUT2D eigenvalue weighted by atomic mass is 10.1. The second kappa shape index (κ2) is 36.8. The summed E-state index contributed by atoms with van der Waals surface area (Å²) in [5.41, 5.74) is 5.47. The first-order valence-electron chi connectivity index (χ1n) is 19.4. The molecule has 50 heavy (non-hydrogen) atoms. The van der Waals surface area contributed by atoms with E-state index in [1.165, 1.54) is 19.3 Å². The molecule has 0 rings (SSSR count). The molecule has 0 saturated heterocycles. The molecule has 0 spiro atoms. The summed E-state index contributed by atoms with van der Waals surface area (Å²) in [4.78, 5) is 36.2. The fourth-order valence-electron chi connectivity index (χ4n) is 5.03. The van der Waals surface area contributed by atoms with E-state index in [-0.39, 0.29) is 18.0 Å². The Morgan fingerprint density at radius 2 is 1.18 bits per heavy atom. The number of carbonyl (C=O) groups is 3. The average Bonchev–Trinajstić information content (AvgIpc) is 3.10. The lowest BCUT2D eigenvalue weighted by Crippen LogP contribution is -2.40. The van der Waals surface area contributed by atoms with Crippen LogP contribution < -0.4 is 11.1 Å². The van der Waals surface area contributed by atoms with Gasteiger partial charge in [0.2, 0.25) is 5.91 Å². The minimum absolute atomic E-state index is 0.178. The SMILES string of the molecule is CC/C=C\C/C=C\C/C=C\C/C=C\CCC(=O)OC(/C=C\C/C=C\C/C=C\CCCCC)CCCCCCCC(=O)NC(CCCN)C(=O)O. The average molecular weight is 695 g/mol. The van der Waals surface area contributed by atoms with Crippen molar-refractivity contribution in [3.63, 3.8) is 0 Å². The van der Waals surface area contributed by atoms with Crippen molar-refractivity contribution >= 4 is 17.8 Å². The highest BCUT2D eigenvalue weighted by Crippen LogP contribution is 2.14. The molecule has 0 bridgehead atoms. The molecule has 4 N–H and O–H groups in total. The van der Waals surface area contributed by atoms with Crippen LogP contribution in [-0.2, 0) is 19.1 Å². The van der Waals surface area contributed by atoms with Crippen LogP contribution in [0.25, 0.3) is 0 Å². The van der Waals surface area contributed by atoms with Gasteiger partial charge in [0.15, 0.2) is 0 Å². The molecular formula is C43H70N2O5. The summed E-state index contributed by atoms with van der Waals surface area (Å²) in [6.45, 7) is 4.76. The second-order valence-corrected chi connectivity index (χ2v) is 12.6. The van der Waals surface area contributed by atoms with Crippen molar-refractivity contribution in [2.24, 2.45) is 5.73 Å². The predicted octanol–water partition coefficient (Wildman–Crippen LogP) is 10.6. The summed E-state index contributed by atoms with van der Waals surface area (Å²) in [5, 5.41) is 11.9. The lowest BCUT2D eigenvalue weighted by Gasteiger charge is -2.15. The fraction of sp³-hybridized carbons (Fsp3) is 0.605. The third-order valence-corrected chi connectivity index (χ3v) is 7.94. The van der Waals surface area contributed by atoms with E-state index in [2.05, 4.69) is 92.1 Å². The van der Waals surface area contributed by atoms with Crippen LogP contribution in [0.3, 0.4) is 0 Å². The number of allylic oxidation sites excluding steroid dienone is 13. The zero-order valence-corrected chi connectivity index (χ0v) is 31.5. The van der Waals surface area contributed by atoms with Gasteiger partial charge in [-0.1, -0.05) is 125 Å². The number of ether oxygens (including phenoxy) is 1. The number of nitrogens with one attached hydrogen (secondary N) is 1. The van der Waals surface area contributed by atoms with Crippen molar-refractivity contribution in [3.05, 3.63) is 85.1 Å². The Morgan fingerprint density at radius 3 is 1.78 bits per heavy atom. The van der Waals surface area contributed by atoms with Crippen LogP contribution in [0, 0.1) is 0 Å². The van der Waals surface area contributed by atoms with Crippen molar-refractivity contribution in [3.8, 4) is 0 Å². The standard InChI is InChI=1S/C43H70N2O5/c1-3-5-7-9-11-13-15-16-18-20-22-27-31-37-42(47)50-39(33-28-24-21-19-17-14-12-10-8-6-4-2)34-29-25-23-26-30-36-41(46)45-40(43(48)49)35-32-38-44/h5,7,11-14,16,18-19,21-22,27-28,33,39-40H,3-4,6,8-10,15,17,20,23-26,29-32,34-38,44H2,1-2H3,(H,45,46)(H,48,49)/b7-5-,13-11-,14-12-,18-16-,21-19-,27-22-,33-28-. The summed E-state index contributed by atoms with van der Waals surface area (Å²) in [6.07, 6.45) is 47.8. The highest BCUT2D eigenvalue weighted by atomic mass is 16.5. The lowest BCUT2D eigenvalue weighted by molar-refractivity contribution is -0.147. The number of carboxylic acid groups (broad SMARTS) is 1. The molecule has 2 atom stereocenters. The molecule has 7 nitrogen and oxygen atoms in total. The van der Waals surface area contributed by atoms with E-state index in [1.807, 2.05) is 12.2 Å². The predicted molar refractivity (Wildman–Crippen MR) is 211 cm³/mol. The second-order valence-electron chi connectivity index (χ2n) is 12.6. The number of unbranched alkanes of at least 4 members (excludes halogenated alkanes) is 7. The molecule has 0 aromatic heterocycles. The summed E-state index contributed by atoms with van der Waals surface area (Å²) >= 11 is 0. The Morgan fingerprint density at radius 1 is 0.620 bits per heavy atom. The highest BCUT2D eigenvalue weighted by molar-refractivity contribution is 5.83. The Labute approximate surface area is 305 Å². The van der Waals surface area contributed by atoms with Crippen molar-refractivity contribution in [2.75, 3.05) is 6.54 Å². The zero-order valence-electron chi connectivity index (χ0n) is 31.5. The number of esters is 1. The van der Waals surface area contributed by atoms with E-state index in [0.717, 1.165) is 77.0 Å². The maximum absolute atomic E-state index is 12.7. The molecular weight excluding hydrogens is 624 g/mol. The topological polar surface area (TPSA) is 119 Å². The van der Waals surface area contributed by atoms with Gasteiger partial charge in [0, 0.05) is 12.8 Å². The molecule has 0 aliphatic rings. The Balaban J connectivity index is 4.61. The van der Waals surface area contributed by atoms with E-state index in [4.69, 9.17) is 10.5 Å². The molecule has 0 aliphatic carbocycles. The van der Waals surface area contributed by atoms with Crippen LogP contribution in [0.1, 0.15) is 149 Å². The number of aliphatic carboxylic acids is 1. The molecule has 282 valence electrons. The number of hydrogen-bond acceptors (Lipinski definition) is 5. The summed E-state index contributed by atoms with van der Waals surface area (Å²) < 4.78 is 5.86. The fourth-order valence-corrected chi connectivity index (χ4v) is 5.03. The highest BCUT2D eigenvalue weighted by Gasteiger charge is 2.18. The van der Waals surface area contributed by atoms with Crippen LogP contribution in [-0.4, -0.2) is 41.6 Å². The van der Waals surface area contributed by atoms with Gasteiger partial charge in [-0.3, -0.25) is 9.59 Å². The number of carboxylic acids is 1. The molecule has 0 aliphatic heterocycles. The first-order chi connectivity index (χ1) is 24.4. The van der Waals surface area contributed by atoms with Crippen molar-refractivity contribution in [1.82, 2.24) is 5.32 Å². The molecule has 0 aromatic carbocycles. The van der Waals surface area contributed by atoms with Crippen molar-refractivity contribution < 1.29 is 24.2 Å². The van der Waals surface area contributed by atoms with Gasteiger partial charge in [0.05, 0.1) is 0 Å². The van der Waals surface area contributed by atoms with Crippen molar-refractivity contribution in [1.29, 1.82) is 0 Å². The third kappa shape index (κ3) is 33.1. The minimum Gasteiger partial charge on any atom is -0.480 e. The molecule has 7 heteroatoms. The number of rotatable bonds is 33. The van der Waals surface area contributed by atoms with Gasteiger partial charge in [-0.15, -0.1) is 0 Å². The van der Waals surface area contributed by atoms with Gasteiger partial charge in [0.25, 0.3) is 0 Å². The minimum atomic E-state index is -1.02. The van der Waals surface area contributed by atoms with E-state index in [1.54, 1.807) is 0 Å². The smallest absolute Gasteiger partial charge is 0.326 e. The third-order valence-electron chi connectivity index (χ3n) is 7.94. The van der Waals surface area contributed by atoms with Gasteiger partial charge < -0.3 is 20.9 Å². The van der Waals surface area contributed by atoms with Gasteiger partial charge in [-0.05, 0) is 103 Å². The van der Waals surface area contributed by atoms with Crippen LogP contribution in [0.4, 0.5) is 0 Å². The molecule has 0 radical (unpaired) electrons. The van der Waals surface area contributed by atoms with E-state index >= 15 is 0 Å². The normalized spacial score (nSPS) is 13.7. The molecule has 0 aromatic rings. The van der Waals surface area contributed by atoms with Gasteiger partial charge >= 0.3 is 11.9 Å². The van der Waals surface area contributed by atoms with Gasteiger partial charge in [0.1, 0.15) is 12.1 Å². The quantitative estimate of drug-likeness (QED) is 0.0357. The Kier molecular flexibility index (Phi) is 34.3. The first kappa shape index (κ1) is 46.5. The summed E-state index contributed by atoms with van der Waals surface area (Å²) in [7, 11) is 0. The van der Waals surface area contributed by atoms with Crippen LogP contribution >= 0.6 is 0 Å². The first-order valence-corrected chi connectivity index (χ1v) is 19.4. The van der Waals surface area contributed by atoms with Gasteiger partial charge in [-0.25, -0.2) is 4.79 Å². The zero-order chi connectivity index (χ0) is 36.8. The molecule has 0 saturated carbocycles. The number of amides is 1. The van der Waals surface area contributed by atoms with Crippen LogP contribution in [0.15, 0.2) is 85.1 Å². The van der Waals surface area contributed by atoms with E-state index < -0.39 is 12.0 Å². The van der Waals surface area contributed by atoms with Crippen LogP contribution in [0.5, 0.6) is 0 Å². The van der Waals surface area contributed by atoms with E-state index in [0.29, 0.717) is 45.1 Å². The largest absolute Gasteiger partial charge is 0.480 e. The number of carbonyl (C=O) groups excluding carboxylic acids is 2. The molecule has 0 fully saturated rings. The Hall–Kier alpha value is -3.45. The molecule has 2 unspecified atom stereocenters. The molecule has 0 heterocycles. The Bertz CT molecular complexity index is 1050. The van der Waals surface area contributed by atoms with E-state index in [9.17, 15) is 19.5 Å². The van der Waals surface area contributed by atoms with Crippen molar-refractivity contribution in [2.45, 2.75) is 161 Å². The van der Waals surface area contributed by atoms with Crippen LogP contribution in [0.2, 0.25) is 0 Å². The maximum atomic E-state index is 12.7. The number of hydrogen-bond donors (Lipinski definition) is 3.